The van der Waals surface area contributed by atoms with Gasteiger partial charge in [0.05, 0.1) is 0 Å². The Balaban J connectivity index is 2.19. The van der Waals surface area contributed by atoms with E-state index in [1.807, 2.05) is 41.4 Å². The summed E-state index contributed by atoms with van der Waals surface area (Å²) in [5, 5.41) is 0. The number of aromatic nitrogens is 1. The van der Waals surface area contributed by atoms with Crippen molar-refractivity contribution in [3.63, 3.8) is 0 Å². The van der Waals surface area contributed by atoms with Gasteiger partial charge in [-0.1, -0.05) is 12.2 Å². The van der Waals surface area contributed by atoms with Crippen molar-refractivity contribution in [1.29, 1.82) is 0 Å². The van der Waals surface area contributed by atoms with Crippen LogP contribution in [0.5, 0.6) is 0 Å². The van der Waals surface area contributed by atoms with Gasteiger partial charge in [0.2, 0.25) is 0 Å². The second-order valence-corrected chi connectivity index (χ2v) is 2.16. The predicted octanol–water partition coefficient (Wildman–Crippen LogP) is 0.546. The molecular weight excluding hydrogens is 138 g/mol. The van der Waals surface area contributed by atoms with Crippen molar-refractivity contribution < 1.29 is 0 Å². The van der Waals surface area contributed by atoms with Crippen molar-refractivity contribution in [2.45, 2.75) is 0 Å². The minimum Gasteiger partial charge on any atom is -0.327 e. The van der Waals surface area contributed by atoms with Crippen LogP contribution in [-0.4, -0.2) is 17.8 Å². The molecule has 3 nitrogen and oxygen atoms in total. The first-order chi connectivity index (χ1) is 5.43. The van der Waals surface area contributed by atoms with E-state index in [9.17, 15) is 0 Å². The molecule has 11 heavy (non-hydrogen) atoms. The maximum atomic E-state index is 5.27. The van der Waals surface area contributed by atoms with Crippen LogP contribution >= 0.6 is 0 Å². The monoisotopic (exact) mass is 151 g/mol. The molecular formula is C8H13N3. The van der Waals surface area contributed by atoms with E-state index in [0.29, 0.717) is 6.54 Å². The van der Waals surface area contributed by atoms with E-state index in [4.69, 9.17) is 5.73 Å². The van der Waals surface area contributed by atoms with Gasteiger partial charge >= 0.3 is 0 Å². The summed E-state index contributed by atoms with van der Waals surface area (Å²) in [6.07, 6.45) is 7.84. The van der Waals surface area contributed by atoms with Gasteiger partial charge in [-0.3, -0.25) is 4.68 Å². The van der Waals surface area contributed by atoms with E-state index >= 15 is 0 Å². The summed E-state index contributed by atoms with van der Waals surface area (Å²) in [5.74, 6) is 0. The fraction of sp³-hybridized carbons (Fsp3) is 0.250. The zero-order valence-electron chi connectivity index (χ0n) is 6.40. The van der Waals surface area contributed by atoms with E-state index < -0.39 is 0 Å². The Morgan fingerprint density at radius 3 is 2.64 bits per heavy atom. The third-order valence-corrected chi connectivity index (χ3v) is 1.30. The molecule has 0 aliphatic rings. The Morgan fingerprint density at radius 1 is 1.27 bits per heavy atom. The SMILES string of the molecule is NCC=CCNn1cccc1. The van der Waals surface area contributed by atoms with Crippen LogP contribution < -0.4 is 11.2 Å². The number of nitrogens with two attached hydrogens (primary N) is 1. The van der Waals surface area contributed by atoms with Gasteiger partial charge in [0.1, 0.15) is 0 Å². The summed E-state index contributed by atoms with van der Waals surface area (Å²) >= 11 is 0. The van der Waals surface area contributed by atoms with E-state index in [2.05, 4.69) is 5.43 Å². The largest absolute Gasteiger partial charge is 0.327 e. The predicted molar refractivity (Wildman–Crippen MR) is 46.9 cm³/mol. The molecule has 1 heterocycles. The zero-order valence-corrected chi connectivity index (χ0v) is 6.40. The van der Waals surface area contributed by atoms with Gasteiger partial charge in [0, 0.05) is 25.5 Å². The van der Waals surface area contributed by atoms with Gasteiger partial charge in [-0.25, -0.2) is 0 Å². The van der Waals surface area contributed by atoms with Crippen LogP contribution in [0.3, 0.4) is 0 Å². The standard InChI is InChI=1S/C8H13N3/c9-5-1-2-6-10-11-7-3-4-8-11/h1-4,7-8,10H,5-6,9H2. The van der Waals surface area contributed by atoms with Crippen LogP contribution in [0.15, 0.2) is 36.7 Å². The van der Waals surface area contributed by atoms with E-state index in [-0.39, 0.29) is 0 Å². The van der Waals surface area contributed by atoms with Crippen molar-refractivity contribution in [1.82, 2.24) is 4.68 Å². The number of hydrogen-bond acceptors (Lipinski definition) is 2. The maximum absolute atomic E-state index is 5.27. The van der Waals surface area contributed by atoms with Gasteiger partial charge in [0.15, 0.2) is 0 Å². The normalized spacial score (nSPS) is 10.6. The molecule has 3 N–H and O–H groups in total. The van der Waals surface area contributed by atoms with Crippen LogP contribution in [0.1, 0.15) is 0 Å². The summed E-state index contributed by atoms with van der Waals surface area (Å²) in [6, 6.07) is 3.94. The molecule has 1 aromatic heterocycles. The Morgan fingerprint density at radius 2 is 2.00 bits per heavy atom. The molecule has 0 saturated heterocycles. The van der Waals surface area contributed by atoms with Crippen LogP contribution in [0.25, 0.3) is 0 Å². The molecule has 0 radical (unpaired) electrons. The Kier molecular flexibility index (Phi) is 3.28. The molecule has 0 unspecified atom stereocenters. The average molecular weight is 151 g/mol. The molecule has 3 heteroatoms. The zero-order chi connectivity index (χ0) is 7.94. The summed E-state index contributed by atoms with van der Waals surface area (Å²) in [5.41, 5.74) is 8.40. The third-order valence-electron chi connectivity index (χ3n) is 1.30. The van der Waals surface area contributed by atoms with E-state index in [1.165, 1.54) is 0 Å². The minimum atomic E-state index is 0.605. The van der Waals surface area contributed by atoms with Crippen LogP contribution in [-0.2, 0) is 0 Å². The first kappa shape index (κ1) is 7.88. The third kappa shape index (κ3) is 2.91. The smallest absolute Gasteiger partial charge is 0.0495 e. The van der Waals surface area contributed by atoms with Crippen LogP contribution in [0.4, 0.5) is 0 Å². The molecule has 0 spiro atoms. The van der Waals surface area contributed by atoms with E-state index in [1.54, 1.807) is 0 Å². The number of hydrogen-bond donors (Lipinski definition) is 2. The Hall–Kier alpha value is -1.22. The summed E-state index contributed by atoms with van der Waals surface area (Å²) in [7, 11) is 0. The highest BCUT2D eigenvalue weighted by atomic mass is 15.4. The van der Waals surface area contributed by atoms with Gasteiger partial charge < -0.3 is 11.2 Å². The first-order valence-corrected chi connectivity index (χ1v) is 3.65. The van der Waals surface area contributed by atoms with E-state index in [0.717, 1.165) is 6.54 Å². The molecule has 60 valence electrons. The molecule has 0 saturated carbocycles. The van der Waals surface area contributed by atoms with Crippen molar-refractivity contribution in [2.24, 2.45) is 5.73 Å². The van der Waals surface area contributed by atoms with Crippen LogP contribution in [0, 0.1) is 0 Å². The molecule has 1 aromatic rings. The number of nitrogens with one attached hydrogen (secondary N) is 1. The van der Waals surface area contributed by atoms with Crippen molar-refractivity contribution >= 4 is 0 Å². The van der Waals surface area contributed by atoms with Gasteiger partial charge in [-0.15, -0.1) is 0 Å². The maximum Gasteiger partial charge on any atom is 0.0495 e. The minimum absolute atomic E-state index is 0.605. The summed E-state index contributed by atoms with van der Waals surface area (Å²) in [4.78, 5) is 0. The lowest BCUT2D eigenvalue weighted by Crippen LogP contribution is -2.12. The second kappa shape index (κ2) is 4.57. The fourth-order valence-corrected chi connectivity index (χ4v) is 0.778. The molecule has 0 bridgehead atoms. The van der Waals surface area contributed by atoms with Gasteiger partial charge in [0.25, 0.3) is 0 Å². The molecule has 0 amide bonds. The molecule has 1 rings (SSSR count). The highest BCUT2D eigenvalue weighted by molar-refractivity contribution is 4.96. The average Bonchev–Trinajstić information content (AvgIpc) is 2.50. The second-order valence-electron chi connectivity index (χ2n) is 2.16. The van der Waals surface area contributed by atoms with Crippen LogP contribution in [0.2, 0.25) is 0 Å². The topological polar surface area (TPSA) is 43.0 Å². The lowest BCUT2D eigenvalue weighted by atomic mass is 10.5. The summed E-state index contributed by atoms with van der Waals surface area (Å²) < 4.78 is 1.90. The lowest BCUT2D eigenvalue weighted by Gasteiger charge is -2.02. The highest BCUT2D eigenvalue weighted by Crippen LogP contribution is 1.84. The first-order valence-electron chi connectivity index (χ1n) is 3.65. The molecule has 0 aliphatic carbocycles. The molecule has 0 atom stereocenters. The fourth-order valence-electron chi connectivity index (χ4n) is 0.778. The lowest BCUT2D eigenvalue weighted by molar-refractivity contribution is 0.897. The molecule has 0 fully saturated rings. The Bertz CT molecular complexity index is 201. The Labute approximate surface area is 66.5 Å². The quantitative estimate of drug-likeness (QED) is 0.617. The van der Waals surface area contributed by atoms with Crippen molar-refractivity contribution in [3.8, 4) is 0 Å². The van der Waals surface area contributed by atoms with Gasteiger partial charge in [-0.05, 0) is 12.1 Å². The summed E-state index contributed by atoms with van der Waals surface area (Å²) in [6.45, 7) is 1.42. The van der Waals surface area contributed by atoms with Crippen molar-refractivity contribution in [3.05, 3.63) is 36.7 Å². The van der Waals surface area contributed by atoms with Gasteiger partial charge in [-0.2, -0.15) is 0 Å². The molecule has 0 aliphatic heterocycles. The highest BCUT2D eigenvalue weighted by Gasteiger charge is 1.80. The number of nitrogens with zero attached hydrogens (tertiary/aromatic N) is 1. The van der Waals surface area contributed by atoms with Crippen molar-refractivity contribution in [2.75, 3.05) is 18.5 Å². The number of rotatable bonds is 4. The molecule has 0 aromatic carbocycles.